The molecule has 1 fully saturated rings. The Morgan fingerprint density at radius 1 is 1.32 bits per heavy atom. The minimum absolute atomic E-state index is 0.105. The molecule has 7 nitrogen and oxygen atoms in total. The number of hydrogen-bond donors (Lipinski definition) is 3. The molecular weight excluding hydrogens is 282 g/mol. The maximum Gasteiger partial charge on any atom is 0.200 e. The second-order valence-corrected chi connectivity index (χ2v) is 5.23. The van der Waals surface area contributed by atoms with Gasteiger partial charge < -0.3 is 20.1 Å². The molecule has 1 aliphatic heterocycles. The highest BCUT2D eigenvalue weighted by Crippen LogP contribution is 2.34. The molecule has 0 spiro atoms. The summed E-state index contributed by atoms with van der Waals surface area (Å²) >= 11 is 0. The van der Waals surface area contributed by atoms with Crippen molar-refractivity contribution >= 4 is 5.69 Å². The molecule has 3 N–H and O–H groups in total. The minimum Gasteiger partial charge on any atom is -0.396 e. The first kappa shape index (κ1) is 15.0. The molecule has 7 heteroatoms. The summed E-state index contributed by atoms with van der Waals surface area (Å²) in [4.78, 5) is 2.21. The molecule has 0 bridgehead atoms. The normalized spacial score (nSPS) is 22.0. The van der Waals surface area contributed by atoms with Gasteiger partial charge in [0.2, 0.25) is 5.72 Å². The lowest BCUT2D eigenvalue weighted by molar-refractivity contribution is -0.0661. The largest absolute Gasteiger partial charge is 0.396 e. The van der Waals surface area contributed by atoms with Crippen LogP contribution in [0.2, 0.25) is 0 Å². The topological polar surface area (TPSA) is 86.3 Å². The van der Waals surface area contributed by atoms with E-state index in [1.54, 1.807) is 6.20 Å². The van der Waals surface area contributed by atoms with Gasteiger partial charge in [0.15, 0.2) is 0 Å². The Morgan fingerprint density at radius 2 is 2.18 bits per heavy atom. The van der Waals surface area contributed by atoms with Crippen LogP contribution in [0.5, 0.6) is 0 Å². The van der Waals surface area contributed by atoms with E-state index in [4.69, 9.17) is 9.84 Å². The molecule has 1 saturated heterocycles. The van der Waals surface area contributed by atoms with E-state index in [0.29, 0.717) is 19.6 Å². The monoisotopic (exact) mass is 303 g/mol. The number of nitrogens with zero attached hydrogens (tertiary/aromatic N) is 3. The predicted octanol–water partition coefficient (Wildman–Crippen LogP) is 0.466. The number of aliphatic hydroxyl groups is 1. The van der Waals surface area contributed by atoms with Gasteiger partial charge in [-0.2, -0.15) is 15.4 Å². The first-order chi connectivity index (χ1) is 10.9. The van der Waals surface area contributed by atoms with Crippen LogP contribution >= 0.6 is 0 Å². The molecule has 0 aliphatic carbocycles. The Balaban J connectivity index is 1.96. The van der Waals surface area contributed by atoms with Crippen LogP contribution in [-0.4, -0.2) is 53.4 Å². The zero-order valence-electron chi connectivity index (χ0n) is 12.4. The van der Waals surface area contributed by atoms with Crippen molar-refractivity contribution in [2.75, 3.05) is 37.7 Å². The number of aromatic amines is 1. The third-order valence-corrected chi connectivity index (χ3v) is 3.84. The smallest absolute Gasteiger partial charge is 0.200 e. The molecule has 1 aliphatic rings. The number of hydrogen-bond acceptors (Lipinski definition) is 6. The van der Waals surface area contributed by atoms with Crippen LogP contribution in [-0.2, 0) is 10.5 Å². The van der Waals surface area contributed by atoms with E-state index in [0.717, 1.165) is 24.5 Å². The van der Waals surface area contributed by atoms with Crippen molar-refractivity contribution in [1.29, 1.82) is 0 Å². The van der Waals surface area contributed by atoms with Gasteiger partial charge in [-0.1, -0.05) is 18.2 Å². The van der Waals surface area contributed by atoms with Crippen molar-refractivity contribution in [2.24, 2.45) is 0 Å². The number of nitrogens with one attached hydrogen (secondary N) is 2. The average Bonchev–Trinajstić information content (AvgIpc) is 3.11. The quantitative estimate of drug-likeness (QED) is 0.673. The Kier molecular flexibility index (Phi) is 4.67. The lowest BCUT2D eigenvalue weighted by Gasteiger charge is -2.47. The summed E-state index contributed by atoms with van der Waals surface area (Å²) < 4.78 is 6.20. The number of anilines is 1. The Labute approximate surface area is 129 Å². The van der Waals surface area contributed by atoms with Gasteiger partial charge in [-0.15, -0.1) is 0 Å². The van der Waals surface area contributed by atoms with Crippen LogP contribution in [0.3, 0.4) is 0 Å². The third kappa shape index (κ3) is 2.83. The molecule has 1 atom stereocenters. The van der Waals surface area contributed by atoms with E-state index in [1.807, 2.05) is 18.2 Å². The van der Waals surface area contributed by atoms with Gasteiger partial charge in [-0.3, -0.25) is 0 Å². The molecule has 2 heterocycles. The van der Waals surface area contributed by atoms with Gasteiger partial charge >= 0.3 is 0 Å². The Bertz CT molecular complexity index is 563. The van der Waals surface area contributed by atoms with Crippen molar-refractivity contribution in [2.45, 2.75) is 12.1 Å². The summed E-state index contributed by atoms with van der Waals surface area (Å²) in [5.74, 6) is 0. The molecule has 1 aromatic carbocycles. The van der Waals surface area contributed by atoms with Crippen molar-refractivity contribution < 1.29 is 9.84 Å². The number of H-pyrrole nitrogens is 1. The number of ether oxygens (including phenoxy) is 1. The Morgan fingerprint density at radius 3 is 2.91 bits per heavy atom. The maximum absolute atomic E-state index is 9.05. The molecule has 22 heavy (non-hydrogen) atoms. The highest BCUT2D eigenvalue weighted by Gasteiger charge is 2.44. The summed E-state index contributed by atoms with van der Waals surface area (Å²) in [6, 6.07) is 10.2. The number of aliphatic hydroxyl groups excluding tert-OH is 1. The summed E-state index contributed by atoms with van der Waals surface area (Å²) in [7, 11) is 0. The van der Waals surface area contributed by atoms with E-state index in [2.05, 4.69) is 37.8 Å². The van der Waals surface area contributed by atoms with Gasteiger partial charge in [0.05, 0.1) is 19.3 Å². The van der Waals surface area contributed by atoms with E-state index in [9.17, 15) is 0 Å². The number of piperazine rings is 1. The van der Waals surface area contributed by atoms with Crippen molar-refractivity contribution in [3.63, 3.8) is 0 Å². The fourth-order valence-electron chi connectivity index (χ4n) is 2.80. The molecule has 0 saturated carbocycles. The van der Waals surface area contributed by atoms with E-state index in [-0.39, 0.29) is 6.61 Å². The molecule has 1 unspecified atom stereocenters. The highest BCUT2D eigenvalue weighted by atomic mass is 16.5. The van der Waals surface area contributed by atoms with Gasteiger partial charge in [0.1, 0.15) is 5.69 Å². The average molecular weight is 303 g/mol. The summed E-state index contributed by atoms with van der Waals surface area (Å²) in [6.45, 7) is 2.84. The molecule has 0 amide bonds. The van der Waals surface area contributed by atoms with Crippen molar-refractivity contribution in [3.05, 3.63) is 42.2 Å². The first-order valence-electron chi connectivity index (χ1n) is 7.51. The zero-order valence-corrected chi connectivity index (χ0v) is 12.4. The second-order valence-electron chi connectivity index (χ2n) is 5.23. The number of benzene rings is 1. The van der Waals surface area contributed by atoms with Crippen LogP contribution < -0.4 is 10.2 Å². The Hall–Kier alpha value is -1.96. The van der Waals surface area contributed by atoms with Crippen molar-refractivity contribution in [1.82, 2.24) is 20.7 Å². The SMILES string of the molecule is OCCCOC1(c2cn[nH]n2)CNCCN1c1ccccc1. The van der Waals surface area contributed by atoms with Gasteiger partial charge in [-0.25, -0.2) is 0 Å². The van der Waals surface area contributed by atoms with Crippen LogP contribution in [0.25, 0.3) is 0 Å². The van der Waals surface area contributed by atoms with Crippen molar-refractivity contribution in [3.8, 4) is 0 Å². The van der Waals surface area contributed by atoms with E-state index >= 15 is 0 Å². The molecule has 3 rings (SSSR count). The van der Waals surface area contributed by atoms with Crippen LogP contribution in [0.4, 0.5) is 5.69 Å². The fourth-order valence-corrected chi connectivity index (χ4v) is 2.80. The highest BCUT2D eigenvalue weighted by molar-refractivity contribution is 5.50. The molecule has 2 aromatic rings. The minimum atomic E-state index is -0.720. The summed E-state index contributed by atoms with van der Waals surface area (Å²) in [5, 5.41) is 23.3. The molecule has 0 radical (unpaired) electrons. The summed E-state index contributed by atoms with van der Waals surface area (Å²) in [6.07, 6.45) is 2.28. The molecular formula is C15H21N5O2. The van der Waals surface area contributed by atoms with Crippen LogP contribution in [0.15, 0.2) is 36.5 Å². The molecule has 118 valence electrons. The van der Waals surface area contributed by atoms with Gasteiger partial charge in [0, 0.05) is 25.4 Å². The van der Waals surface area contributed by atoms with E-state index in [1.165, 1.54) is 0 Å². The standard InChI is InChI=1S/C15H21N5O2/c21-9-4-10-22-15(14-11-17-19-18-14)12-16-7-8-20(15)13-5-2-1-3-6-13/h1-3,5-6,11,16,21H,4,7-10,12H2,(H,17,18,19). The fraction of sp³-hybridized carbons (Fsp3) is 0.467. The van der Waals surface area contributed by atoms with Gasteiger partial charge in [-0.05, 0) is 18.6 Å². The lowest BCUT2D eigenvalue weighted by Crippen LogP contribution is -2.61. The zero-order chi connectivity index (χ0) is 15.3. The second kappa shape index (κ2) is 6.87. The lowest BCUT2D eigenvalue weighted by atomic mass is 10.0. The molecule has 1 aromatic heterocycles. The third-order valence-electron chi connectivity index (χ3n) is 3.84. The number of rotatable bonds is 6. The van der Waals surface area contributed by atoms with Gasteiger partial charge in [0.25, 0.3) is 0 Å². The summed E-state index contributed by atoms with van der Waals surface area (Å²) in [5.41, 5.74) is 1.10. The van der Waals surface area contributed by atoms with E-state index < -0.39 is 5.72 Å². The van der Waals surface area contributed by atoms with Crippen LogP contribution in [0, 0.1) is 0 Å². The first-order valence-corrected chi connectivity index (χ1v) is 7.51. The van der Waals surface area contributed by atoms with Crippen LogP contribution in [0.1, 0.15) is 12.1 Å². The number of para-hydroxylation sites is 1. The predicted molar refractivity (Wildman–Crippen MR) is 82.4 cm³/mol. The number of aromatic nitrogens is 3. The maximum atomic E-state index is 9.05.